The molecule has 1 N–H and O–H groups in total. The van der Waals surface area contributed by atoms with Crippen LogP contribution in [-0.4, -0.2) is 63.4 Å². The summed E-state index contributed by atoms with van der Waals surface area (Å²) in [6.45, 7) is 1.45. The van der Waals surface area contributed by atoms with Gasteiger partial charge in [-0.25, -0.2) is 4.72 Å². The molecule has 1 aliphatic rings. The Hall–Kier alpha value is -1.95. The molecule has 0 atom stereocenters. The van der Waals surface area contributed by atoms with Gasteiger partial charge in [0.15, 0.2) is 11.7 Å². The number of thioether (sulfide) groups is 1. The predicted octanol–water partition coefficient (Wildman–Crippen LogP) is 2.22. The molecule has 2 aromatic heterocycles. The number of rotatable bonds is 8. The molecule has 0 saturated carbocycles. The Bertz CT molecular complexity index is 986. The van der Waals surface area contributed by atoms with Crippen LogP contribution in [0.2, 0.25) is 0 Å². The molecule has 29 heavy (non-hydrogen) atoms. The molecule has 0 amide bonds. The summed E-state index contributed by atoms with van der Waals surface area (Å²) in [4.78, 5) is 15.0. The minimum absolute atomic E-state index is 0.265. The van der Waals surface area contributed by atoms with Gasteiger partial charge >= 0.3 is 10.2 Å². The topological polar surface area (TPSA) is 90.3 Å². The van der Waals surface area contributed by atoms with Crippen molar-refractivity contribution in [3.63, 3.8) is 0 Å². The highest BCUT2D eigenvalue weighted by molar-refractivity contribution is 7.98. The predicted molar refractivity (Wildman–Crippen MR) is 122 cm³/mol. The minimum atomic E-state index is -3.75. The van der Waals surface area contributed by atoms with E-state index in [1.807, 2.05) is 17.4 Å². The summed E-state index contributed by atoms with van der Waals surface area (Å²) in [5.41, 5.74) is 0.735. The minimum Gasteiger partial charge on any atom is -0.324 e. The van der Waals surface area contributed by atoms with Crippen LogP contribution in [0.4, 0.5) is 5.69 Å². The highest BCUT2D eigenvalue weighted by atomic mass is 32.2. The Morgan fingerprint density at radius 1 is 1.21 bits per heavy atom. The first-order valence-corrected chi connectivity index (χ1v) is 12.4. The Morgan fingerprint density at radius 2 is 2.00 bits per heavy atom. The zero-order valence-corrected chi connectivity index (χ0v) is 19.0. The lowest BCUT2D eigenvalue weighted by atomic mass is 10.3. The highest BCUT2D eigenvalue weighted by Crippen LogP contribution is 2.22. The summed E-state index contributed by atoms with van der Waals surface area (Å²) in [5, 5.41) is 0. The molecule has 1 aliphatic heterocycles. The lowest BCUT2D eigenvalue weighted by molar-refractivity contribution is 0.406. The summed E-state index contributed by atoms with van der Waals surface area (Å²) in [6.07, 6.45) is 3.30. The summed E-state index contributed by atoms with van der Waals surface area (Å²) < 4.78 is 30.0. The zero-order valence-electron chi connectivity index (χ0n) is 16.6. The molecule has 3 heterocycles. The number of aromatic nitrogens is 1. The second-order valence-corrected chi connectivity index (χ2v) is 10.3. The number of thiophene rings is 1. The Labute approximate surface area is 180 Å². The number of hydrogen-bond acceptors (Lipinski definition) is 8. The molecule has 11 heteroatoms. The first-order valence-electron chi connectivity index (χ1n) is 8.95. The van der Waals surface area contributed by atoms with E-state index in [0.717, 1.165) is 23.7 Å². The van der Waals surface area contributed by atoms with E-state index in [2.05, 4.69) is 50.2 Å². The maximum Gasteiger partial charge on any atom is 0.345 e. The Morgan fingerprint density at radius 3 is 2.72 bits per heavy atom. The van der Waals surface area contributed by atoms with Gasteiger partial charge in [-0.05, 0) is 38.4 Å². The van der Waals surface area contributed by atoms with E-state index in [1.54, 1.807) is 42.2 Å². The molecule has 8 nitrogen and oxygen atoms in total. The number of aliphatic imine (C=N–C) groups is 1. The SMILES string of the molecule is CN(C)Cc1ccc(CSCCN=C2NS(=O)(=O)N=C2N(C)c2cccnc2)s1. The standard InChI is InChI=1S/C18H24N6O2S3/c1-23(2)12-15-6-7-16(28-15)13-27-10-9-20-17-18(22-29(25,26)21-17)24(3)14-5-4-8-19-11-14/h4-8,11H,9-10,12-13H2,1-3H3,(H,20,21). The third kappa shape index (κ3) is 6.26. The molecule has 0 saturated heterocycles. The molecule has 3 rings (SSSR count). The number of nitrogens with one attached hydrogen (secondary N) is 1. The summed E-state index contributed by atoms with van der Waals surface area (Å²) in [5.74, 6) is 2.25. The third-order valence-electron chi connectivity index (χ3n) is 3.93. The maximum absolute atomic E-state index is 11.9. The van der Waals surface area contributed by atoms with Gasteiger partial charge in [-0.1, -0.05) is 0 Å². The fourth-order valence-electron chi connectivity index (χ4n) is 2.64. The molecule has 0 aliphatic carbocycles. The number of hydrogen-bond donors (Lipinski definition) is 1. The van der Waals surface area contributed by atoms with Crippen LogP contribution in [0.3, 0.4) is 0 Å². The van der Waals surface area contributed by atoms with Gasteiger partial charge in [0.25, 0.3) is 0 Å². The van der Waals surface area contributed by atoms with Crippen molar-refractivity contribution < 1.29 is 8.42 Å². The number of pyridine rings is 1. The van der Waals surface area contributed by atoms with E-state index in [9.17, 15) is 8.42 Å². The zero-order chi connectivity index (χ0) is 20.9. The van der Waals surface area contributed by atoms with Gasteiger partial charge in [0.2, 0.25) is 0 Å². The van der Waals surface area contributed by atoms with E-state index in [-0.39, 0.29) is 11.7 Å². The van der Waals surface area contributed by atoms with Crippen LogP contribution in [0.1, 0.15) is 9.75 Å². The Kier molecular flexibility index (Phi) is 7.28. The van der Waals surface area contributed by atoms with Crippen molar-refractivity contribution in [2.45, 2.75) is 12.3 Å². The fourth-order valence-corrected chi connectivity index (χ4v) is 5.60. The average Bonchev–Trinajstić information content (AvgIpc) is 3.24. The van der Waals surface area contributed by atoms with Crippen molar-refractivity contribution in [2.75, 3.05) is 38.3 Å². The van der Waals surface area contributed by atoms with E-state index in [0.29, 0.717) is 6.54 Å². The summed E-state index contributed by atoms with van der Waals surface area (Å²) in [7, 11) is 2.11. The number of likely N-dealkylation sites (N-methyl/N-ethyl adjacent to an activating group) is 1. The van der Waals surface area contributed by atoms with Crippen molar-refractivity contribution in [3.05, 3.63) is 46.4 Å². The van der Waals surface area contributed by atoms with Crippen molar-refractivity contribution >= 4 is 50.7 Å². The van der Waals surface area contributed by atoms with Crippen LogP contribution < -0.4 is 9.62 Å². The smallest absolute Gasteiger partial charge is 0.324 e. The van der Waals surface area contributed by atoms with E-state index in [1.165, 1.54) is 9.75 Å². The second-order valence-electron chi connectivity index (χ2n) is 6.65. The van der Waals surface area contributed by atoms with E-state index < -0.39 is 10.2 Å². The van der Waals surface area contributed by atoms with Crippen LogP contribution in [0.25, 0.3) is 0 Å². The number of anilines is 1. The first-order chi connectivity index (χ1) is 13.8. The average molecular weight is 453 g/mol. The molecule has 2 aromatic rings. The van der Waals surface area contributed by atoms with E-state index >= 15 is 0 Å². The van der Waals surface area contributed by atoms with Gasteiger partial charge in [0.05, 0.1) is 18.4 Å². The third-order valence-corrected chi connectivity index (χ3v) is 7.04. The van der Waals surface area contributed by atoms with Gasteiger partial charge in [-0.2, -0.15) is 20.2 Å². The second kappa shape index (κ2) is 9.70. The maximum atomic E-state index is 11.9. The molecule has 0 bridgehead atoms. The van der Waals surface area contributed by atoms with Crippen LogP contribution >= 0.6 is 23.1 Å². The highest BCUT2D eigenvalue weighted by Gasteiger charge is 2.29. The molecule has 156 valence electrons. The number of nitrogens with zero attached hydrogens (tertiary/aromatic N) is 5. The Balaban J connectivity index is 1.55. The van der Waals surface area contributed by atoms with Gasteiger partial charge < -0.3 is 9.80 Å². The van der Waals surface area contributed by atoms with Crippen LogP contribution in [0, 0.1) is 0 Å². The molecule has 0 fully saturated rings. The molecule has 0 unspecified atom stereocenters. The van der Waals surface area contributed by atoms with Crippen LogP contribution in [-0.2, 0) is 22.5 Å². The molecular weight excluding hydrogens is 428 g/mol. The van der Waals surface area contributed by atoms with Gasteiger partial charge in [-0.3, -0.25) is 9.98 Å². The van der Waals surface area contributed by atoms with Crippen LogP contribution in [0.15, 0.2) is 46.0 Å². The lowest BCUT2D eigenvalue weighted by Gasteiger charge is -2.17. The van der Waals surface area contributed by atoms with Gasteiger partial charge in [-0.15, -0.1) is 15.7 Å². The van der Waals surface area contributed by atoms with E-state index in [4.69, 9.17) is 0 Å². The van der Waals surface area contributed by atoms with Gasteiger partial charge in [0, 0.05) is 41.0 Å². The number of amidine groups is 2. The van der Waals surface area contributed by atoms with Crippen molar-refractivity contribution in [3.8, 4) is 0 Å². The van der Waals surface area contributed by atoms with Crippen molar-refractivity contribution in [1.29, 1.82) is 0 Å². The molecule has 0 radical (unpaired) electrons. The monoisotopic (exact) mass is 452 g/mol. The molecule has 0 spiro atoms. The van der Waals surface area contributed by atoms with Crippen LogP contribution in [0.5, 0.6) is 0 Å². The quantitative estimate of drug-likeness (QED) is 0.618. The summed E-state index contributed by atoms with van der Waals surface area (Å²) >= 11 is 3.60. The molecule has 0 aromatic carbocycles. The largest absolute Gasteiger partial charge is 0.345 e. The normalized spacial score (nSPS) is 16.8. The van der Waals surface area contributed by atoms with Crippen molar-refractivity contribution in [2.24, 2.45) is 9.39 Å². The first kappa shape index (κ1) is 21.8. The molecular formula is C18H24N6O2S3. The lowest BCUT2D eigenvalue weighted by Crippen LogP contribution is -2.37. The van der Waals surface area contributed by atoms with Crippen molar-refractivity contribution in [1.82, 2.24) is 14.6 Å². The van der Waals surface area contributed by atoms with Gasteiger partial charge in [0.1, 0.15) is 0 Å². The summed E-state index contributed by atoms with van der Waals surface area (Å²) in [6, 6.07) is 7.96. The fraction of sp³-hybridized carbons (Fsp3) is 0.389.